The van der Waals surface area contributed by atoms with Crippen LogP contribution in [0.1, 0.15) is 18.4 Å². The van der Waals surface area contributed by atoms with E-state index in [2.05, 4.69) is 10.3 Å². The maximum absolute atomic E-state index is 12.1. The van der Waals surface area contributed by atoms with E-state index in [0.717, 1.165) is 42.3 Å². The third-order valence-corrected chi connectivity index (χ3v) is 4.45. The van der Waals surface area contributed by atoms with Gasteiger partial charge in [0.15, 0.2) is 0 Å². The van der Waals surface area contributed by atoms with Gasteiger partial charge in [-0.05, 0) is 50.4 Å². The van der Waals surface area contributed by atoms with Gasteiger partial charge < -0.3 is 5.32 Å². The van der Waals surface area contributed by atoms with E-state index in [9.17, 15) is 4.21 Å². The van der Waals surface area contributed by atoms with E-state index >= 15 is 0 Å². The number of hydrogen-bond donors (Lipinski definition) is 1. The van der Waals surface area contributed by atoms with Crippen LogP contribution in [-0.4, -0.2) is 28.0 Å². The highest BCUT2D eigenvalue weighted by Gasteiger charge is 2.17. The lowest BCUT2D eigenvalue weighted by Gasteiger charge is -2.21. The van der Waals surface area contributed by atoms with Crippen LogP contribution >= 0.6 is 0 Å². The summed E-state index contributed by atoms with van der Waals surface area (Å²) < 4.78 is 12.1. The number of aryl methyl sites for hydroxylation is 1. The summed E-state index contributed by atoms with van der Waals surface area (Å²) in [6, 6.07) is 3.86. The summed E-state index contributed by atoms with van der Waals surface area (Å²) in [5, 5.41) is 4.05. The molecule has 0 saturated carbocycles. The van der Waals surface area contributed by atoms with E-state index in [0.29, 0.717) is 5.92 Å². The zero-order chi connectivity index (χ0) is 11.4. The van der Waals surface area contributed by atoms with Crippen molar-refractivity contribution < 1.29 is 4.21 Å². The average Bonchev–Trinajstić information content (AvgIpc) is 2.31. The van der Waals surface area contributed by atoms with Gasteiger partial charge in [-0.25, -0.2) is 4.98 Å². The van der Waals surface area contributed by atoms with Crippen LogP contribution in [-0.2, 0) is 10.8 Å². The molecular formula is C12H18N2OS. The van der Waals surface area contributed by atoms with Crippen molar-refractivity contribution >= 4 is 10.8 Å². The zero-order valence-electron chi connectivity index (χ0n) is 9.61. The minimum Gasteiger partial charge on any atom is -0.317 e. The molecule has 1 N–H and O–H groups in total. The van der Waals surface area contributed by atoms with Crippen molar-refractivity contribution in [1.82, 2.24) is 10.3 Å². The molecule has 0 unspecified atom stereocenters. The molecule has 1 aliphatic rings. The van der Waals surface area contributed by atoms with Crippen molar-refractivity contribution in [3.63, 3.8) is 0 Å². The number of nitrogens with zero attached hydrogens (tertiary/aromatic N) is 1. The molecule has 1 saturated heterocycles. The highest BCUT2D eigenvalue weighted by atomic mass is 32.2. The molecule has 1 aromatic heterocycles. The number of pyridine rings is 1. The van der Waals surface area contributed by atoms with Gasteiger partial charge in [0, 0.05) is 11.9 Å². The van der Waals surface area contributed by atoms with Crippen molar-refractivity contribution in [3.05, 3.63) is 23.9 Å². The molecule has 4 heteroatoms. The number of piperidine rings is 1. The van der Waals surface area contributed by atoms with E-state index in [1.807, 2.05) is 19.1 Å². The van der Waals surface area contributed by atoms with Gasteiger partial charge in [-0.3, -0.25) is 4.21 Å². The molecule has 1 aliphatic heterocycles. The summed E-state index contributed by atoms with van der Waals surface area (Å²) in [6.45, 7) is 4.11. The molecular weight excluding hydrogens is 220 g/mol. The van der Waals surface area contributed by atoms with Crippen LogP contribution in [0.4, 0.5) is 0 Å². The summed E-state index contributed by atoms with van der Waals surface area (Å²) in [5.41, 5.74) is 1.11. The molecule has 0 radical (unpaired) electrons. The number of hydrogen-bond acceptors (Lipinski definition) is 3. The first-order valence-corrected chi connectivity index (χ1v) is 7.09. The van der Waals surface area contributed by atoms with Gasteiger partial charge >= 0.3 is 0 Å². The Kier molecular flexibility index (Phi) is 4.07. The average molecular weight is 238 g/mol. The SMILES string of the molecule is Cc1ccc([S@@](=O)CC2CCNCC2)nc1. The first-order valence-electron chi connectivity index (χ1n) is 5.77. The Bertz CT molecular complexity index is 358. The molecule has 1 atom stereocenters. The second-order valence-corrected chi connectivity index (χ2v) is 5.82. The van der Waals surface area contributed by atoms with Gasteiger partial charge in [-0.15, -0.1) is 0 Å². The highest BCUT2D eigenvalue weighted by molar-refractivity contribution is 7.84. The topological polar surface area (TPSA) is 42.0 Å². The minimum atomic E-state index is -0.928. The fourth-order valence-electron chi connectivity index (χ4n) is 1.94. The van der Waals surface area contributed by atoms with E-state index < -0.39 is 10.8 Å². The lowest BCUT2D eigenvalue weighted by Crippen LogP contribution is -2.30. The fraction of sp³-hybridized carbons (Fsp3) is 0.583. The molecule has 2 rings (SSSR count). The van der Waals surface area contributed by atoms with Gasteiger partial charge in [0.1, 0.15) is 5.03 Å². The standard InChI is InChI=1S/C12H18N2OS/c1-10-2-3-12(14-8-10)16(15)9-11-4-6-13-7-5-11/h2-3,8,11,13H,4-7,9H2,1H3/t16-/m0/s1. The van der Waals surface area contributed by atoms with Crippen LogP contribution in [0.2, 0.25) is 0 Å². The van der Waals surface area contributed by atoms with Crippen LogP contribution in [0.5, 0.6) is 0 Å². The first-order chi connectivity index (χ1) is 7.75. The van der Waals surface area contributed by atoms with E-state index in [-0.39, 0.29) is 0 Å². The normalized spacial score (nSPS) is 19.6. The van der Waals surface area contributed by atoms with E-state index in [1.165, 1.54) is 0 Å². The molecule has 0 aromatic carbocycles. The van der Waals surface area contributed by atoms with E-state index in [4.69, 9.17) is 0 Å². The molecule has 16 heavy (non-hydrogen) atoms. The Balaban J connectivity index is 1.94. The Morgan fingerprint density at radius 3 is 2.81 bits per heavy atom. The summed E-state index contributed by atoms with van der Waals surface area (Å²) in [6.07, 6.45) is 4.06. The van der Waals surface area contributed by atoms with Gasteiger partial charge in [0.25, 0.3) is 0 Å². The Morgan fingerprint density at radius 1 is 1.44 bits per heavy atom. The smallest absolute Gasteiger partial charge is 0.127 e. The van der Waals surface area contributed by atoms with Crippen molar-refractivity contribution in [2.45, 2.75) is 24.8 Å². The van der Waals surface area contributed by atoms with Gasteiger partial charge in [-0.2, -0.15) is 0 Å². The quantitative estimate of drug-likeness (QED) is 0.867. The highest BCUT2D eigenvalue weighted by Crippen LogP contribution is 2.16. The van der Waals surface area contributed by atoms with Gasteiger partial charge in [0.2, 0.25) is 0 Å². The molecule has 0 amide bonds. The predicted molar refractivity (Wildman–Crippen MR) is 65.8 cm³/mol. The first kappa shape index (κ1) is 11.7. The monoisotopic (exact) mass is 238 g/mol. The van der Waals surface area contributed by atoms with Crippen LogP contribution in [0.3, 0.4) is 0 Å². The molecule has 0 bridgehead atoms. The number of rotatable bonds is 3. The summed E-state index contributed by atoms with van der Waals surface area (Å²) >= 11 is 0. The third kappa shape index (κ3) is 3.12. The second-order valence-electron chi connectivity index (χ2n) is 4.38. The van der Waals surface area contributed by atoms with Crippen molar-refractivity contribution in [2.24, 2.45) is 5.92 Å². The Labute approximate surface area is 99.1 Å². The minimum absolute atomic E-state index is 0.588. The largest absolute Gasteiger partial charge is 0.317 e. The number of aromatic nitrogens is 1. The molecule has 0 aliphatic carbocycles. The Hall–Kier alpha value is -0.740. The lowest BCUT2D eigenvalue weighted by molar-refractivity contribution is 0.405. The summed E-state index contributed by atoms with van der Waals surface area (Å²) in [4.78, 5) is 4.23. The van der Waals surface area contributed by atoms with E-state index in [1.54, 1.807) is 6.20 Å². The third-order valence-electron chi connectivity index (χ3n) is 2.96. The fourth-order valence-corrected chi connectivity index (χ4v) is 3.26. The van der Waals surface area contributed by atoms with Crippen LogP contribution < -0.4 is 5.32 Å². The molecule has 88 valence electrons. The number of nitrogens with one attached hydrogen (secondary N) is 1. The molecule has 1 aromatic rings. The summed E-state index contributed by atoms with van der Waals surface area (Å²) in [5.74, 6) is 1.35. The van der Waals surface area contributed by atoms with Crippen molar-refractivity contribution in [1.29, 1.82) is 0 Å². The molecule has 0 spiro atoms. The van der Waals surface area contributed by atoms with Crippen LogP contribution in [0.15, 0.2) is 23.4 Å². The maximum Gasteiger partial charge on any atom is 0.127 e. The Morgan fingerprint density at radius 2 is 2.19 bits per heavy atom. The molecule has 2 heterocycles. The van der Waals surface area contributed by atoms with Crippen molar-refractivity contribution in [3.8, 4) is 0 Å². The van der Waals surface area contributed by atoms with Gasteiger partial charge in [-0.1, -0.05) is 6.07 Å². The van der Waals surface area contributed by atoms with Crippen molar-refractivity contribution in [2.75, 3.05) is 18.8 Å². The predicted octanol–water partition coefficient (Wildman–Crippen LogP) is 1.50. The molecule has 1 fully saturated rings. The summed E-state index contributed by atoms with van der Waals surface area (Å²) in [7, 11) is -0.928. The van der Waals surface area contributed by atoms with Gasteiger partial charge in [0.05, 0.1) is 10.8 Å². The van der Waals surface area contributed by atoms with Crippen LogP contribution in [0.25, 0.3) is 0 Å². The second kappa shape index (κ2) is 5.55. The molecule has 3 nitrogen and oxygen atoms in total. The lowest BCUT2D eigenvalue weighted by atomic mass is 10.0. The zero-order valence-corrected chi connectivity index (χ0v) is 10.4. The van der Waals surface area contributed by atoms with Crippen LogP contribution in [0, 0.1) is 12.8 Å². The maximum atomic E-state index is 12.1.